The zero-order valence-electron chi connectivity index (χ0n) is 11.9. The molecule has 1 aromatic heterocycles. The second-order valence-electron chi connectivity index (χ2n) is 5.20. The van der Waals surface area contributed by atoms with Crippen molar-refractivity contribution in [1.29, 1.82) is 0 Å². The molecule has 0 radical (unpaired) electrons. The highest BCUT2D eigenvalue weighted by molar-refractivity contribution is 5.32. The summed E-state index contributed by atoms with van der Waals surface area (Å²) in [4.78, 5) is 8.06. The minimum Gasteiger partial charge on any atom is -0.496 e. The second-order valence-corrected chi connectivity index (χ2v) is 5.20. The van der Waals surface area contributed by atoms with E-state index in [2.05, 4.69) is 9.97 Å². The van der Waals surface area contributed by atoms with Crippen molar-refractivity contribution in [1.82, 2.24) is 9.97 Å². The van der Waals surface area contributed by atoms with Crippen LogP contribution in [0.25, 0.3) is 0 Å². The summed E-state index contributed by atoms with van der Waals surface area (Å²) >= 11 is 0. The second kappa shape index (κ2) is 6.08. The van der Waals surface area contributed by atoms with Gasteiger partial charge in [-0.05, 0) is 31.2 Å². The van der Waals surface area contributed by atoms with Gasteiger partial charge < -0.3 is 9.47 Å². The number of hydrogen-bond acceptors (Lipinski definition) is 4. The smallest absolute Gasteiger partial charge is 0.317 e. The van der Waals surface area contributed by atoms with Crippen molar-refractivity contribution in [3.63, 3.8) is 0 Å². The zero-order chi connectivity index (χ0) is 14.7. The number of aromatic nitrogens is 2. The molecule has 4 nitrogen and oxygen atoms in total. The van der Waals surface area contributed by atoms with Crippen LogP contribution in [0.1, 0.15) is 24.1 Å². The summed E-state index contributed by atoms with van der Waals surface area (Å²) in [5, 5.41) is 0. The lowest BCUT2D eigenvalue weighted by Crippen LogP contribution is -2.05. The van der Waals surface area contributed by atoms with Crippen LogP contribution >= 0.6 is 0 Å². The molecule has 1 aliphatic carbocycles. The molecule has 110 valence electrons. The van der Waals surface area contributed by atoms with E-state index < -0.39 is 0 Å². The van der Waals surface area contributed by atoms with Crippen molar-refractivity contribution in [2.45, 2.75) is 25.9 Å². The molecule has 0 atom stereocenters. The Balaban J connectivity index is 1.69. The maximum atomic E-state index is 13.6. The minimum absolute atomic E-state index is 0.206. The van der Waals surface area contributed by atoms with Gasteiger partial charge in [0, 0.05) is 5.56 Å². The van der Waals surface area contributed by atoms with E-state index in [0.717, 1.165) is 24.2 Å². The maximum Gasteiger partial charge on any atom is 0.317 e. The monoisotopic (exact) mass is 288 g/mol. The molecular weight excluding hydrogens is 271 g/mol. The molecule has 1 aliphatic rings. The van der Waals surface area contributed by atoms with Gasteiger partial charge in [-0.15, -0.1) is 0 Å². The molecule has 0 unspecified atom stereocenters. The quantitative estimate of drug-likeness (QED) is 0.819. The Bertz CT molecular complexity index is 629. The van der Waals surface area contributed by atoms with Crippen molar-refractivity contribution in [3.05, 3.63) is 47.5 Å². The number of benzene rings is 1. The fourth-order valence-corrected chi connectivity index (χ4v) is 2.16. The number of halogens is 1. The normalized spacial score (nSPS) is 14.0. The number of hydrogen-bond donors (Lipinski definition) is 0. The highest BCUT2D eigenvalue weighted by Crippen LogP contribution is 2.32. The molecule has 1 aromatic carbocycles. The van der Waals surface area contributed by atoms with Crippen LogP contribution in [-0.2, 0) is 13.0 Å². The Morgan fingerprint density at radius 2 is 2.10 bits per heavy atom. The van der Waals surface area contributed by atoms with Gasteiger partial charge in [-0.25, -0.2) is 9.37 Å². The van der Waals surface area contributed by atoms with Crippen LogP contribution in [0.2, 0.25) is 0 Å². The fourth-order valence-electron chi connectivity index (χ4n) is 2.16. The van der Waals surface area contributed by atoms with Crippen LogP contribution in [0, 0.1) is 11.7 Å². The molecule has 0 bridgehead atoms. The maximum absolute atomic E-state index is 13.6. The van der Waals surface area contributed by atoms with Gasteiger partial charge in [0.1, 0.15) is 12.4 Å². The molecule has 0 amide bonds. The molecule has 1 heterocycles. The zero-order valence-corrected chi connectivity index (χ0v) is 11.9. The summed E-state index contributed by atoms with van der Waals surface area (Å²) in [6.07, 6.45) is 4.16. The van der Waals surface area contributed by atoms with Crippen LogP contribution < -0.4 is 9.47 Å². The van der Waals surface area contributed by atoms with Crippen molar-refractivity contribution in [3.8, 4) is 11.8 Å². The number of ether oxygens (including phenoxy) is 2. The Hall–Kier alpha value is -2.17. The SMILES string of the molecule is COc1ccccc1COc1ncc(F)c(CC2CC2)n1. The molecule has 2 aromatic rings. The van der Waals surface area contributed by atoms with Crippen LogP contribution in [-0.4, -0.2) is 17.1 Å². The predicted octanol–water partition coefficient (Wildman–Crippen LogP) is 3.16. The van der Waals surface area contributed by atoms with Crippen molar-refractivity contribution >= 4 is 0 Å². The van der Waals surface area contributed by atoms with Crippen LogP contribution in [0.5, 0.6) is 11.8 Å². The average Bonchev–Trinajstić information content (AvgIpc) is 3.32. The van der Waals surface area contributed by atoms with E-state index in [0.29, 0.717) is 24.6 Å². The molecule has 0 N–H and O–H groups in total. The van der Waals surface area contributed by atoms with Crippen LogP contribution in [0.3, 0.4) is 0 Å². The van der Waals surface area contributed by atoms with Crippen LogP contribution in [0.4, 0.5) is 4.39 Å². The van der Waals surface area contributed by atoms with Gasteiger partial charge in [-0.3, -0.25) is 0 Å². The third kappa shape index (κ3) is 3.48. The summed E-state index contributed by atoms with van der Waals surface area (Å²) in [5.41, 5.74) is 1.35. The first kappa shape index (κ1) is 13.8. The van der Waals surface area contributed by atoms with Gasteiger partial charge in [0.25, 0.3) is 0 Å². The van der Waals surface area contributed by atoms with E-state index in [1.54, 1.807) is 7.11 Å². The van der Waals surface area contributed by atoms with Gasteiger partial charge in [0.15, 0.2) is 5.82 Å². The highest BCUT2D eigenvalue weighted by atomic mass is 19.1. The molecule has 0 aliphatic heterocycles. The van der Waals surface area contributed by atoms with E-state index in [1.165, 1.54) is 6.20 Å². The number of para-hydroxylation sites is 1. The topological polar surface area (TPSA) is 44.2 Å². The third-order valence-corrected chi connectivity index (χ3v) is 3.52. The third-order valence-electron chi connectivity index (χ3n) is 3.52. The largest absolute Gasteiger partial charge is 0.496 e. The van der Waals surface area contributed by atoms with E-state index in [9.17, 15) is 4.39 Å². The molecule has 3 rings (SSSR count). The lowest BCUT2D eigenvalue weighted by molar-refractivity contribution is 0.271. The standard InChI is InChI=1S/C16H17FN2O2/c1-20-15-5-3-2-4-12(15)10-21-16-18-9-13(17)14(19-16)8-11-6-7-11/h2-5,9,11H,6-8,10H2,1H3. The molecule has 1 fully saturated rings. The fraction of sp³-hybridized carbons (Fsp3) is 0.375. The molecule has 5 heteroatoms. The first-order valence-corrected chi connectivity index (χ1v) is 7.02. The van der Waals surface area contributed by atoms with E-state index >= 15 is 0 Å². The lowest BCUT2D eigenvalue weighted by atomic mass is 10.2. The van der Waals surface area contributed by atoms with E-state index in [4.69, 9.17) is 9.47 Å². The summed E-state index contributed by atoms with van der Waals surface area (Å²) < 4.78 is 24.5. The van der Waals surface area contributed by atoms with E-state index in [-0.39, 0.29) is 11.8 Å². The van der Waals surface area contributed by atoms with Crippen molar-refractivity contribution in [2.24, 2.45) is 5.92 Å². The number of rotatable bonds is 6. The first-order valence-electron chi connectivity index (χ1n) is 7.02. The van der Waals surface area contributed by atoms with Gasteiger partial charge in [0.05, 0.1) is 19.0 Å². The summed E-state index contributed by atoms with van der Waals surface area (Å²) in [7, 11) is 1.61. The molecule has 21 heavy (non-hydrogen) atoms. The van der Waals surface area contributed by atoms with Gasteiger partial charge in [0.2, 0.25) is 0 Å². The summed E-state index contributed by atoms with van der Waals surface area (Å²) in [5.74, 6) is 0.959. The van der Waals surface area contributed by atoms with Gasteiger partial charge in [-0.2, -0.15) is 4.98 Å². The van der Waals surface area contributed by atoms with E-state index in [1.807, 2.05) is 24.3 Å². The summed E-state index contributed by atoms with van der Waals surface area (Å²) in [6, 6.07) is 7.78. The number of methoxy groups -OCH3 is 1. The van der Waals surface area contributed by atoms with Crippen molar-refractivity contribution < 1.29 is 13.9 Å². The van der Waals surface area contributed by atoms with Crippen LogP contribution in [0.15, 0.2) is 30.5 Å². The lowest BCUT2D eigenvalue weighted by Gasteiger charge is -2.09. The first-order chi connectivity index (χ1) is 10.3. The highest BCUT2D eigenvalue weighted by Gasteiger charge is 2.24. The minimum atomic E-state index is -0.355. The van der Waals surface area contributed by atoms with Crippen molar-refractivity contribution in [2.75, 3.05) is 7.11 Å². The average molecular weight is 288 g/mol. The predicted molar refractivity (Wildman–Crippen MR) is 75.7 cm³/mol. The molecular formula is C16H17FN2O2. The van der Waals surface area contributed by atoms with Gasteiger partial charge in [-0.1, -0.05) is 18.2 Å². The Kier molecular flexibility index (Phi) is 3.99. The molecule has 1 saturated carbocycles. The van der Waals surface area contributed by atoms with Gasteiger partial charge >= 0.3 is 6.01 Å². The molecule has 0 saturated heterocycles. The Labute approximate surface area is 123 Å². The summed E-state index contributed by atoms with van der Waals surface area (Å²) in [6.45, 7) is 0.290. The Morgan fingerprint density at radius 3 is 2.86 bits per heavy atom. The molecule has 0 spiro atoms. The number of nitrogens with zero attached hydrogens (tertiary/aromatic N) is 2. The Morgan fingerprint density at radius 1 is 1.29 bits per heavy atom.